The van der Waals surface area contributed by atoms with Gasteiger partial charge in [0.25, 0.3) is 0 Å². The maximum atomic E-state index is 4.20. The Morgan fingerprint density at radius 1 is 0.378 bits per heavy atom. The van der Waals surface area contributed by atoms with Gasteiger partial charge in [0, 0.05) is 0 Å². The second-order valence-corrected chi connectivity index (χ2v) is 56.2. The minimum atomic E-state index is -1.92. The largest absolute Gasteiger partial charge is 0.162 e. The second-order valence-electron chi connectivity index (χ2n) is 17.8. The van der Waals surface area contributed by atoms with E-state index in [9.17, 15) is 0 Å². The molecule has 0 unspecified atom stereocenters. The van der Waals surface area contributed by atoms with Crippen LogP contribution in [-0.4, -0.2) is 64.6 Å². The summed E-state index contributed by atoms with van der Waals surface area (Å²) in [5.41, 5.74) is 24.7. The molecule has 8 heteroatoms. The van der Waals surface area contributed by atoms with Crippen molar-refractivity contribution in [2.75, 3.05) is 0 Å². The van der Waals surface area contributed by atoms with Crippen LogP contribution < -0.4 is 0 Å². The van der Waals surface area contributed by atoms with Crippen LogP contribution in [0, 0.1) is 22.2 Å². The lowest BCUT2D eigenvalue weighted by molar-refractivity contribution is 1.25. The van der Waals surface area contributed by atoms with Gasteiger partial charge in [0.1, 0.15) is 16.1 Å². The fourth-order valence-electron chi connectivity index (χ4n) is 9.86. The van der Waals surface area contributed by atoms with Crippen molar-refractivity contribution in [1.82, 2.24) is 0 Å². The highest BCUT2D eigenvalue weighted by Gasteiger charge is 2.61. The third-order valence-electron chi connectivity index (χ3n) is 9.54. The lowest BCUT2D eigenvalue weighted by Gasteiger charge is -2.55. The Bertz CT molecular complexity index is 1300. The molecule has 0 saturated carbocycles. The molecule has 4 aliphatic rings. The molecule has 0 aromatic carbocycles. The summed E-state index contributed by atoms with van der Waals surface area (Å²) < 4.78 is 0. The molecule has 0 atom stereocenters. The molecule has 0 radical (unpaired) electrons. The first kappa shape index (κ1) is 30.0. The SMILES string of the molecule is C[Si]1(C)C#C[Si](C)(C)C2=C3C4=C([Si](C)(C)C[Si]3(C)C)[Si](C)(C)C[Si](C)(C)C(=C42)[Si](C)(C)C#C[Si](C)(C)C1. The maximum Gasteiger partial charge on any atom is 0.162 e. The molecule has 0 fully saturated rings. The molecule has 37 heavy (non-hydrogen) atoms. The molecule has 3 heterocycles. The lowest BCUT2D eigenvalue weighted by Crippen LogP contribution is -2.58. The minimum Gasteiger partial charge on any atom is -0.138 e. The van der Waals surface area contributed by atoms with E-state index in [1.807, 2.05) is 26.4 Å². The van der Waals surface area contributed by atoms with Crippen molar-refractivity contribution < 1.29 is 0 Å². The van der Waals surface area contributed by atoms with Gasteiger partial charge in [-0.2, -0.15) is 0 Å². The molecule has 0 amide bonds. The van der Waals surface area contributed by atoms with Crippen LogP contribution in [0.5, 0.6) is 0 Å². The van der Waals surface area contributed by atoms with Crippen molar-refractivity contribution >= 4 is 64.6 Å². The number of hydrogen-bond donors (Lipinski definition) is 0. The van der Waals surface area contributed by atoms with Crippen LogP contribution in [0.4, 0.5) is 0 Å². The molecule has 0 spiro atoms. The molecule has 0 nitrogen and oxygen atoms in total. The summed E-state index contributed by atoms with van der Waals surface area (Å²) in [6.07, 6.45) is 0. The topological polar surface area (TPSA) is 0 Å². The van der Waals surface area contributed by atoms with Crippen LogP contribution in [0.1, 0.15) is 0 Å². The van der Waals surface area contributed by atoms with Crippen molar-refractivity contribution in [3.05, 3.63) is 31.2 Å². The van der Waals surface area contributed by atoms with E-state index in [0.717, 1.165) is 0 Å². The molecular formula is C29H54Si8. The molecule has 4 rings (SSSR count). The Morgan fingerprint density at radius 2 is 0.757 bits per heavy atom. The van der Waals surface area contributed by atoms with Crippen LogP contribution in [0.3, 0.4) is 0 Å². The van der Waals surface area contributed by atoms with E-state index in [-0.39, 0.29) is 0 Å². The summed E-state index contributed by atoms with van der Waals surface area (Å²) in [7, 11) is -13.2. The monoisotopic (exact) mass is 626 g/mol. The van der Waals surface area contributed by atoms with Gasteiger partial charge in [-0.1, -0.05) is 131 Å². The number of allylic oxidation sites excluding steroid dienone is 4. The summed E-state index contributed by atoms with van der Waals surface area (Å²) in [5, 5.41) is 3.80. The summed E-state index contributed by atoms with van der Waals surface area (Å²) in [6.45, 7) is 42.8. The highest BCUT2D eigenvalue weighted by Crippen LogP contribution is 2.62. The van der Waals surface area contributed by atoms with Crippen molar-refractivity contribution in [3.63, 3.8) is 0 Å². The second kappa shape index (κ2) is 8.31. The van der Waals surface area contributed by atoms with Crippen molar-refractivity contribution in [1.29, 1.82) is 0 Å². The van der Waals surface area contributed by atoms with E-state index in [1.165, 1.54) is 11.3 Å². The summed E-state index contributed by atoms with van der Waals surface area (Å²) in [5.74, 6) is 0. The Hall–Kier alpha value is 0.0751. The van der Waals surface area contributed by atoms with Gasteiger partial charge in [-0.25, -0.2) is 0 Å². The Morgan fingerprint density at radius 3 is 1.24 bits per heavy atom. The molecule has 0 aromatic rings. The quantitative estimate of drug-likeness (QED) is 0.187. The zero-order valence-electron chi connectivity index (χ0n) is 27.1. The first-order valence-electron chi connectivity index (χ1n) is 14.6. The van der Waals surface area contributed by atoms with Gasteiger partial charge in [0.05, 0.1) is 32.3 Å². The van der Waals surface area contributed by atoms with Gasteiger partial charge in [0.2, 0.25) is 0 Å². The van der Waals surface area contributed by atoms with Crippen LogP contribution >= 0.6 is 0 Å². The Balaban J connectivity index is 2.28. The van der Waals surface area contributed by atoms with Gasteiger partial charge >= 0.3 is 0 Å². The summed E-state index contributed by atoms with van der Waals surface area (Å²) in [4.78, 5) is 4.06. The zero-order valence-corrected chi connectivity index (χ0v) is 35.1. The lowest BCUT2D eigenvalue weighted by atomic mass is 9.97. The molecule has 0 N–H and O–H groups in total. The van der Waals surface area contributed by atoms with E-state index in [1.54, 1.807) is 5.67 Å². The van der Waals surface area contributed by atoms with Crippen molar-refractivity contribution in [2.24, 2.45) is 0 Å². The van der Waals surface area contributed by atoms with E-state index < -0.39 is 64.6 Å². The molecular weight excluding hydrogens is 573 g/mol. The first-order valence-corrected chi connectivity index (χ1v) is 39.9. The van der Waals surface area contributed by atoms with Gasteiger partial charge in [0.15, 0.2) is 16.1 Å². The predicted octanol–water partition coefficient (Wildman–Crippen LogP) is 8.61. The fourth-order valence-corrected chi connectivity index (χ4v) is 71.5. The van der Waals surface area contributed by atoms with E-state index in [2.05, 4.69) is 132 Å². The molecule has 202 valence electrons. The van der Waals surface area contributed by atoms with Gasteiger partial charge in [-0.3, -0.25) is 0 Å². The Kier molecular flexibility index (Phi) is 6.75. The number of hydrogen-bond acceptors (Lipinski definition) is 0. The van der Waals surface area contributed by atoms with E-state index in [0.29, 0.717) is 0 Å². The average molecular weight is 627 g/mol. The molecule has 3 aliphatic heterocycles. The van der Waals surface area contributed by atoms with Crippen LogP contribution in [-0.2, 0) is 0 Å². The average Bonchev–Trinajstić information content (AvgIpc) is 2.66. The van der Waals surface area contributed by atoms with E-state index in [4.69, 9.17) is 0 Å². The number of rotatable bonds is 0. The van der Waals surface area contributed by atoms with Crippen LogP contribution in [0.2, 0.25) is 122 Å². The summed E-state index contributed by atoms with van der Waals surface area (Å²) in [6, 6.07) is 0. The highest BCUT2D eigenvalue weighted by molar-refractivity contribution is 7.21. The van der Waals surface area contributed by atoms with Gasteiger partial charge < -0.3 is 0 Å². The zero-order chi connectivity index (χ0) is 28.4. The molecule has 1 aliphatic carbocycles. The van der Waals surface area contributed by atoms with Gasteiger partial charge in [-0.15, -0.1) is 22.2 Å². The Labute approximate surface area is 238 Å². The van der Waals surface area contributed by atoms with Crippen LogP contribution in [0.15, 0.2) is 31.2 Å². The van der Waals surface area contributed by atoms with Crippen molar-refractivity contribution in [2.45, 2.75) is 122 Å². The highest BCUT2D eigenvalue weighted by atomic mass is 28.4. The standard InChI is InChI=1S/C29H54Si8/c1-30(2)17-19-32(5,6)26-24-25-27(26)34(9,10)22-35(11,12)29(25)37(15,16)23-36(13,14)28(24)33(7,8)20-18-31(3,4)21-30/h21-23H2,1-16H3. The van der Waals surface area contributed by atoms with Gasteiger partial charge in [-0.05, 0) is 22.0 Å². The third-order valence-corrected chi connectivity index (χ3v) is 52.5. The fraction of sp³-hybridized carbons (Fsp3) is 0.655. The third kappa shape index (κ3) is 4.94. The van der Waals surface area contributed by atoms with Crippen molar-refractivity contribution in [3.8, 4) is 22.2 Å². The smallest absolute Gasteiger partial charge is 0.138 e. The normalized spacial score (nSPS) is 30.7. The predicted molar refractivity (Wildman–Crippen MR) is 191 cm³/mol. The van der Waals surface area contributed by atoms with E-state index >= 15 is 0 Å². The molecule has 0 bridgehead atoms. The summed E-state index contributed by atoms with van der Waals surface area (Å²) >= 11 is 0. The minimum absolute atomic E-state index is 1.32. The maximum absolute atomic E-state index is 4.20. The molecule has 0 aromatic heterocycles. The first-order chi connectivity index (χ1) is 16.3. The van der Waals surface area contributed by atoms with Crippen LogP contribution in [0.25, 0.3) is 0 Å². The molecule has 0 saturated heterocycles.